The molecule has 0 saturated heterocycles. The molecular weight excluding hydrogens is 172 g/mol. The van der Waals surface area contributed by atoms with Gasteiger partial charge in [0.1, 0.15) is 5.75 Å². The first-order chi connectivity index (χ1) is 6.65. The molecule has 1 aromatic rings. The standard InChI is InChI=1S/C11H12O.C2H6/c1-4-9-5-6-10(12)7-11(9)8(2)3;1-2/h4-7,12H,1-2H2,3H3;1-2H3. The quantitative estimate of drug-likeness (QED) is 0.744. The summed E-state index contributed by atoms with van der Waals surface area (Å²) < 4.78 is 0. The van der Waals surface area contributed by atoms with Gasteiger partial charge in [0, 0.05) is 0 Å². The third-order valence-electron chi connectivity index (χ3n) is 1.72. The molecule has 1 nitrogen and oxygen atoms in total. The fourth-order valence-corrected chi connectivity index (χ4v) is 1.09. The minimum Gasteiger partial charge on any atom is -0.508 e. The van der Waals surface area contributed by atoms with E-state index in [0.717, 1.165) is 16.7 Å². The van der Waals surface area contributed by atoms with Crippen LogP contribution in [0.1, 0.15) is 31.9 Å². The van der Waals surface area contributed by atoms with Crippen molar-refractivity contribution in [1.29, 1.82) is 0 Å². The van der Waals surface area contributed by atoms with Gasteiger partial charge in [-0.3, -0.25) is 0 Å². The summed E-state index contributed by atoms with van der Waals surface area (Å²) in [5, 5.41) is 9.21. The molecule has 1 N–H and O–H groups in total. The van der Waals surface area contributed by atoms with Crippen molar-refractivity contribution in [3.05, 3.63) is 42.5 Å². The van der Waals surface area contributed by atoms with Crippen LogP contribution in [0.25, 0.3) is 11.6 Å². The van der Waals surface area contributed by atoms with Crippen molar-refractivity contribution in [3.63, 3.8) is 0 Å². The van der Waals surface area contributed by atoms with E-state index in [0.29, 0.717) is 0 Å². The highest BCUT2D eigenvalue weighted by Gasteiger charge is 2.00. The molecule has 0 bridgehead atoms. The van der Waals surface area contributed by atoms with E-state index in [1.165, 1.54) is 0 Å². The van der Waals surface area contributed by atoms with Gasteiger partial charge in [-0.15, -0.1) is 0 Å². The zero-order chi connectivity index (χ0) is 11.1. The lowest BCUT2D eigenvalue weighted by molar-refractivity contribution is 0.475. The molecule has 0 saturated carbocycles. The van der Waals surface area contributed by atoms with Gasteiger partial charge in [0.25, 0.3) is 0 Å². The molecule has 0 spiro atoms. The predicted molar refractivity (Wildman–Crippen MR) is 64.3 cm³/mol. The molecule has 1 aromatic carbocycles. The number of aromatic hydroxyl groups is 1. The van der Waals surface area contributed by atoms with Crippen LogP contribution < -0.4 is 0 Å². The second-order valence-corrected chi connectivity index (χ2v) is 2.76. The summed E-state index contributed by atoms with van der Waals surface area (Å²) in [6, 6.07) is 5.16. The summed E-state index contributed by atoms with van der Waals surface area (Å²) in [7, 11) is 0. The Morgan fingerprint density at radius 1 is 1.36 bits per heavy atom. The molecule has 0 aliphatic rings. The van der Waals surface area contributed by atoms with E-state index < -0.39 is 0 Å². The van der Waals surface area contributed by atoms with Gasteiger partial charge in [-0.25, -0.2) is 0 Å². The molecule has 0 amide bonds. The zero-order valence-electron chi connectivity index (χ0n) is 9.17. The lowest BCUT2D eigenvalue weighted by Crippen LogP contribution is -1.83. The van der Waals surface area contributed by atoms with E-state index >= 15 is 0 Å². The second-order valence-electron chi connectivity index (χ2n) is 2.76. The van der Waals surface area contributed by atoms with Crippen LogP contribution in [-0.2, 0) is 0 Å². The van der Waals surface area contributed by atoms with Gasteiger partial charge in [-0.1, -0.05) is 44.7 Å². The molecule has 0 unspecified atom stereocenters. The van der Waals surface area contributed by atoms with Gasteiger partial charge in [0.15, 0.2) is 0 Å². The highest BCUT2D eigenvalue weighted by Crippen LogP contribution is 2.22. The summed E-state index contributed by atoms with van der Waals surface area (Å²) >= 11 is 0. The molecule has 0 aliphatic carbocycles. The Labute approximate surface area is 86.4 Å². The molecule has 14 heavy (non-hydrogen) atoms. The summed E-state index contributed by atoms with van der Waals surface area (Å²) in [5.74, 6) is 0.263. The first-order valence-corrected chi connectivity index (χ1v) is 4.76. The fourth-order valence-electron chi connectivity index (χ4n) is 1.09. The number of rotatable bonds is 2. The van der Waals surface area contributed by atoms with Crippen molar-refractivity contribution in [2.24, 2.45) is 0 Å². The SMILES string of the molecule is C=Cc1ccc(O)cc1C(=C)C.CC. The van der Waals surface area contributed by atoms with E-state index in [1.54, 1.807) is 18.2 Å². The summed E-state index contributed by atoms with van der Waals surface area (Å²) in [5.41, 5.74) is 2.88. The minimum absolute atomic E-state index is 0.263. The number of hydrogen-bond donors (Lipinski definition) is 1. The monoisotopic (exact) mass is 190 g/mol. The molecule has 0 aliphatic heterocycles. The number of benzene rings is 1. The van der Waals surface area contributed by atoms with Gasteiger partial charge < -0.3 is 5.11 Å². The Hall–Kier alpha value is -1.50. The molecule has 0 radical (unpaired) electrons. The van der Waals surface area contributed by atoms with Crippen molar-refractivity contribution >= 4 is 11.6 Å². The Kier molecular flexibility index (Phi) is 5.38. The van der Waals surface area contributed by atoms with Crippen LogP contribution in [0.3, 0.4) is 0 Å². The van der Waals surface area contributed by atoms with Crippen LogP contribution >= 0.6 is 0 Å². The normalized spacial score (nSPS) is 8.50. The third kappa shape index (κ3) is 3.09. The topological polar surface area (TPSA) is 20.2 Å². The Morgan fingerprint density at radius 2 is 1.93 bits per heavy atom. The van der Waals surface area contributed by atoms with Crippen molar-refractivity contribution < 1.29 is 5.11 Å². The van der Waals surface area contributed by atoms with Crippen molar-refractivity contribution in [1.82, 2.24) is 0 Å². The Balaban J connectivity index is 0.000000791. The maximum Gasteiger partial charge on any atom is 0.116 e. The molecule has 1 heteroatoms. The minimum atomic E-state index is 0.263. The predicted octanol–water partition coefficient (Wildman–Crippen LogP) is 4.09. The Morgan fingerprint density at radius 3 is 2.36 bits per heavy atom. The fraction of sp³-hybridized carbons (Fsp3) is 0.231. The van der Waals surface area contributed by atoms with Gasteiger partial charge in [0.2, 0.25) is 0 Å². The van der Waals surface area contributed by atoms with Gasteiger partial charge >= 0.3 is 0 Å². The molecule has 0 atom stereocenters. The molecule has 0 fully saturated rings. The number of allylic oxidation sites excluding steroid dienone is 1. The lowest BCUT2D eigenvalue weighted by atomic mass is 10.0. The van der Waals surface area contributed by atoms with Crippen LogP contribution in [-0.4, -0.2) is 5.11 Å². The summed E-state index contributed by atoms with van der Waals surface area (Å²) in [4.78, 5) is 0. The second kappa shape index (κ2) is 6.03. The summed E-state index contributed by atoms with van der Waals surface area (Å²) in [6.07, 6.45) is 1.75. The first-order valence-electron chi connectivity index (χ1n) is 4.76. The van der Waals surface area contributed by atoms with E-state index in [1.807, 2.05) is 26.8 Å². The average molecular weight is 190 g/mol. The van der Waals surface area contributed by atoms with E-state index in [-0.39, 0.29) is 5.75 Å². The summed E-state index contributed by atoms with van der Waals surface area (Å²) in [6.45, 7) is 13.4. The van der Waals surface area contributed by atoms with E-state index in [4.69, 9.17) is 0 Å². The molecule has 0 aromatic heterocycles. The van der Waals surface area contributed by atoms with Gasteiger partial charge in [0.05, 0.1) is 0 Å². The maximum atomic E-state index is 9.21. The van der Waals surface area contributed by atoms with Crippen molar-refractivity contribution in [2.75, 3.05) is 0 Å². The Bertz CT molecular complexity index is 324. The van der Waals surface area contributed by atoms with Gasteiger partial charge in [-0.05, 0) is 30.2 Å². The average Bonchev–Trinajstić information content (AvgIpc) is 2.20. The number of phenols is 1. The van der Waals surface area contributed by atoms with E-state index in [2.05, 4.69) is 13.2 Å². The lowest BCUT2D eigenvalue weighted by Gasteiger charge is -2.05. The smallest absolute Gasteiger partial charge is 0.116 e. The first kappa shape index (κ1) is 12.5. The maximum absolute atomic E-state index is 9.21. The number of hydrogen-bond acceptors (Lipinski definition) is 1. The highest BCUT2D eigenvalue weighted by molar-refractivity contribution is 5.72. The molecule has 0 heterocycles. The van der Waals surface area contributed by atoms with Crippen LogP contribution in [0.5, 0.6) is 5.75 Å². The van der Waals surface area contributed by atoms with Crippen LogP contribution in [0.2, 0.25) is 0 Å². The number of phenolic OH excluding ortho intramolecular Hbond substituents is 1. The van der Waals surface area contributed by atoms with Crippen LogP contribution in [0, 0.1) is 0 Å². The zero-order valence-corrected chi connectivity index (χ0v) is 9.17. The molecule has 1 rings (SSSR count). The van der Waals surface area contributed by atoms with Crippen LogP contribution in [0.4, 0.5) is 0 Å². The largest absolute Gasteiger partial charge is 0.508 e. The molecule has 76 valence electrons. The third-order valence-corrected chi connectivity index (χ3v) is 1.72. The van der Waals surface area contributed by atoms with Crippen LogP contribution in [0.15, 0.2) is 31.4 Å². The van der Waals surface area contributed by atoms with Crippen molar-refractivity contribution in [2.45, 2.75) is 20.8 Å². The van der Waals surface area contributed by atoms with Gasteiger partial charge in [-0.2, -0.15) is 0 Å². The van der Waals surface area contributed by atoms with Crippen molar-refractivity contribution in [3.8, 4) is 5.75 Å². The molecular formula is C13H18O. The highest BCUT2D eigenvalue weighted by atomic mass is 16.3. The van der Waals surface area contributed by atoms with E-state index in [9.17, 15) is 5.11 Å².